The van der Waals surface area contributed by atoms with E-state index in [1.807, 2.05) is 0 Å². The average molecular weight is 263 g/mol. The van der Waals surface area contributed by atoms with E-state index in [0.29, 0.717) is 25.9 Å². The van der Waals surface area contributed by atoms with Gasteiger partial charge in [-0.2, -0.15) is 0 Å². The second-order valence-electron chi connectivity index (χ2n) is 3.58. The summed E-state index contributed by atoms with van der Waals surface area (Å²) in [5.41, 5.74) is 0. The fourth-order valence-electron chi connectivity index (χ4n) is 1.60. The van der Waals surface area contributed by atoms with Crippen LogP contribution in [0.3, 0.4) is 0 Å². The van der Waals surface area contributed by atoms with Gasteiger partial charge in [0.1, 0.15) is 0 Å². The van der Waals surface area contributed by atoms with Crippen molar-refractivity contribution in [1.29, 1.82) is 0 Å². The van der Waals surface area contributed by atoms with E-state index in [4.69, 9.17) is 0 Å². The zero-order valence-corrected chi connectivity index (χ0v) is 12.6. The fraction of sp³-hybridized carbons (Fsp3) is 1.00. The van der Waals surface area contributed by atoms with Crippen LogP contribution in [0.1, 0.15) is 12.8 Å². The van der Waals surface area contributed by atoms with Gasteiger partial charge in [-0.25, -0.2) is 12.7 Å². The molecule has 0 aliphatic carbocycles. The summed E-state index contributed by atoms with van der Waals surface area (Å²) in [7, 11) is -3.10. The van der Waals surface area contributed by atoms with Crippen molar-refractivity contribution < 1.29 is 46.7 Å². The molecule has 84 valence electrons. The predicted octanol–water partition coefficient (Wildman–Crippen LogP) is -3.46. The molecule has 0 N–H and O–H groups in total. The first-order valence-corrected chi connectivity index (χ1v) is 7.50. The molecular weight excluding hydrogens is 249 g/mol. The molecule has 0 aromatic heterocycles. The third kappa shape index (κ3) is 5.76. The van der Waals surface area contributed by atoms with E-state index in [9.17, 15) is 17.2 Å². The van der Waals surface area contributed by atoms with Gasteiger partial charge in [-0.3, -0.25) is 4.21 Å². The SMILES string of the molecule is CS(=O)(=O)N1CCC(CS(=O)[O-])CC1.[Na+]. The summed E-state index contributed by atoms with van der Waals surface area (Å²) in [6.45, 7) is 0.890. The molecule has 8 heteroatoms. The Balaban J connectivity index is 0.00000196. The maximum Gasteiger partial charge on any atom is 1.00 e. The van der Waals surface area contributed by atoms with Crippen LogP contribution < -0.4 is 29.6 Å². The van der Waals surface area contributed by atoms with Crippen molar-refractivity contribution in [3.05, 3.63) is 0 Å². The Hall–Kier alpha value is 1.02. The summed E-state index contributed by atoms with van der Waals surface area (Å²) in [5, 5.41) is 0. The Morgan fingerprint density at radius 3 is 2.20 bits per heavy atom. The van der Waals surface area contributed by atoms with Gasteiger partial charge in [-0.1, -0.05) is 11.1 Å². The van der Waals surface area contributed by atoms with E-state index in [-0.39, 0.29) is 41.2 Å². The smallest absolute Gasteiger partial charge is 0.772 e. The molecule has 0 radical (unpaired) electrons. The number of rotatable bonds is 3. The first-order chi connectivity index (χ1) is 6.39. The Morgan fingerprint density at radius 2 is 1.87 bits per heavy atom. The molecule has 1 saturated heterocycles. The first-order valence-electron chi connectivity index (χ1n) is 4.40. The molecule has 0 aromatic rings. The van der Waals surface area contributed by atoms with E-state index >= 15 is 0 Å². The monoisotopic (exact) mass is 263 g/mol. The second-order valence-corrected chi connectivity index (χ2v) is 6.50. The minimum atomic E-state index is -3.10. The van der Waals surface area contributed by atoms with Crippen molar-refractivity contribution in [3.63, 3.8) is 0 Å². The van der Waals surface area contributed by atoms with Crippen LogP contribution >= 0.6 is 0 Å². The van der Waals surface area contributed by atoms with Crippen LogP contribution in [0.4, 0.5) is 0 Å². The normalized spacial score (nSPS) is 22.0. The Labute approximate surface area is 115 Å². The Kier molecular flexibility index (Phi) is 7.14. The van der Waals surface area contributed by atoms with Gasteiger partial charge in [0, 0.05) is 18.8 Å². The van der Waals surface area contributed by atoms with Crippen molar-refractivity contribution in [1.82, 2.24) is 4.31 Å². The summed E-state index contributed by atoms with van der Waals surface area (Å²) in [6, 6.07) is 0. The van der Waals surface area contributed by atoms with Crippen molar-refractivity contribution in [2.24, 2.45) is 5.92 Å². The van der Waals surface area contributed by atoms with Crippen LogP contribution in [-0.4, -0.2) is 46.6 Å². The zero-order chi connectivity index (χ0) is 10.8. The molecule has 1 rings (SSSR count). The van der Waals surface area contributed by atoms with Crippen molar-refractivity contribution >= 4 is 21.1 Å². The molecule has 0 spiro atoms. The zero-order valence-electron chi connectivity index (χ0n) is 9.01. The van der Waals surface area contributed by atoms with E-state index in [2.05, 4.69) is 0 Å². The van der Waals surface area contributed by atoms with Crippen molar-refractivity contribution in [2.45, 2.75) is 12.8 Å². The Bertz CT molecular complexity index is 311. The predicted molar refractivity (Wildman–Crippen MR) is 52.9 cm³/mol. The first kappa shape index (κ1) is 16.0. The summed E-state index contributed by atoms with van der Waals surface area (Å²) in [6.07, 6.45) is 2.46. The van der Waals surface area contributed by atoms with Gasteiger partial charge >= 0.3 is 29.6 Å². The molecule has 0 saturated carbocycles. The molecule has 1 unspecified atom stereocenters. The third-order valence-electron chi connectivity index (χ3n) is 2.41. The van der Waals surface area contributed by atoms with Crippen LogP contribution in [0.2, 0.25) is 0 Å². The number of piperidine rings is 1. The average Bonchev–Trinajstić information content (AvgIpc) is 2.02. The summed E-state index contributed by atoms with van der Waals surface area (Å²) in [5.74, 6) is 0.267. The third-order valence-corrected chi connectivity index (χ3v) is 4.46. The molecule has 15 heavy (non-hydrogen) atoms. The molecular formula is C7H14NNaO4S2. The van der Waals surface area contributed by atoms with Crippen molar-refractivity contribution in [2.75, 3.05) is 25.1 Å². The summed E-state index contributed by atoms with van der Waals surface area (Å²) < 4.78 is 44.5. The molecule has 1 aliphatic rings. The minimum Gasteiger partial charge on any atom is -0.772 e. The van der Waals surface area contributed by atoms with Gasteiger partial charge in [0.25, 0.3) is 0 Å². The molecule has 0 amide bonds. The Morgan fingerprint density at radius 1 is 1.40 bits per heavy atom. The number of hydrogen-bond acceptors (Lipinski definition) is 4. The largest absolute Gasteiger partial charge is 1.00 e. The number of hydrogen-bond donors (Lipinski definition) is 0. The molecule has 1 fully saturated rings. The topological polar surface area (TPSA) is 77.5 Å². The molecule has 1 atom stereocenters. The molecule has 5 nitrogen and oxygen atoms in total. The maximum atomic E-state index is 11.1. The van der Waals surface area contributed by atoms with E-state index < -0.39 is 21.1 Å². The maximum absolute atomic E-state index is 11.1. The summed E-state index contributed by atoms with van der Waals surface area (Å²) in [4.78, 5) is 0. The van der Waals surface area contributed by atoms with Crippen LogP contribution in [-0.2, 0) is 21.1 Å². The van der Waals surface area contributed by atoms with Crippen molar-refractivity contribution in [3.8, 4) is 0 Å². The van der Waals surface area contributed by atoms with Crippen LogP contribution in [0.5, 0.6) is 0 Å². The van der Waals surface area contributed by atoms with Gasteiger partial charge in [0.15, 0.2) is 0 Å². The molecule has 0 bridgehead atoms. The van der Waals surface area contributed by atoms with Crippen LogP contribution in [0, 0.1) is 5.92 Å². The van der Waals surface area contributed by atoms with Gasteiger partial charge in [0.2, 0.25) is 10.0 Å². The summed E-state index contributed by atoms with van der Waals surface area (Å²) >= 11 is -2.01. The van der Waals surface area contributed by atoms with E-state index in [1.54, 1.807) is 0 Å². The number of sulfonamides is 1. The van der Waals surface area contributed by atoms with Gasteiger partial charge in [-0.15, -0.1) is 0 Å². The van der Waals surface area contributed by atoms with Gasteiger partial charge in [-0.05, 0) is 18.8 Å². The number of nitrogens with zero attached hydrogens (tertiary/aromatic N) is 1. The standard InChI is InChI=1S/C7H15NO4S2.Na/c1-14(11,12)8-4-2-7(3-5-8)6-13(9)10;/h7H,2-6H2,1H3,(H,9,10);/q;+1/p-1. The minimum absolute atomic E-state index is 0. The van der Waals surface area contributed by atoms with Crippen LogP contribution in [0.25, 0.3) is 0 Å². The van der Waals surface area contributed by atoms with Gasteiger partial charge < -0.3 is 4.55 Å². The molecule has 0 aromatic carbocycles. The van der Waals surface area contributed by atoms with Crippen LogP contribution in [0.15, 0.2) is 0 Å². The molecule has 1 heterocycles. The van der Waals surface area contributed by atoms with E-state index in [0.717, 1.165) is 0 Å². The second kappa shape index (κ2) is 6.68. The van der Waals surface area contributed by atoms with E-state index in [1.165, 1.54) is 10.6 Å². The molecule has 1 aliphatic heterocycles. The quantitative estimate of drug-likeness (QED) is 0.392. The fourth-order valence-corrected chi connectivity index (χ4v) is 3.19. The van der Waals surface area contributed by atoms with Gasteiger partial charge in [0.05, 0.1) is 6.26 Å².